The fraction of sp³-hybridized carbons (Fsp3) is 0.333. The number of hydrogen-bond acceptors (Lipinski definition) is 1. The number of ether oxygens (including phenoxy) is 1. The van der Waals surface area contributed by atoms with Crippen LogP contribution >= 0.6 is 0 Å². The lowest BCUT2D eigenvalue weighted by atomic mass is 9.76. The first-order valence-electron chi connectivity index (χ1n) is 6.74. The summed E-state index contributed by atoms with van der Waals surface area (Å²) in [6, 6.07) is 9.62. The zero-order valence-corrected chi connectivity index (χ0v) is 11.6. The first-order chi connectivity index (χ1) is 9.39. The van der Waals surface area contributed by atoms with Crippen LogP contribution in [0.5, 0.6) is 5.75 Å². The van der Waals surface area contributed by atoms with Crippen molar-refractivity contribution < 1.29 is 17.7 Å². The molecule has 2 rings (SSSR count). The molecule has 20 heavy (non-hydrogen) atoms. The van der Waals surface area contributed by atoms with Crippen molar-refractivity contribution in [2.75, 3.05) is 6.61 Å². The van der Waals surface area contributed by atoms with Gasteiger partial charge in [0.1, 0.15) is 0 Å². The van der Waals surface area contributed by atoms with E-state index in [1.807, 2.05) is 13.8 Å². The molecule has 2 aromatic rings. The van der Waals surface area contributed by atoms with E-state index in [2.05, 4.69) is 0 Å². The molecule has 0 aliphatic carbocycles. The van der Waals surface area contributed by atoms with Crippen LogP contribution in [0.3, 0.4) is 0 Å². The van der Waals surface area contributed by atoms with Gasteiger partial charge in [-0.05, 0) is 29.2 Å². The highest BCUT2D eigenvalue weighted by molar-refractivity contribution is 6.76. The van der Waals surface area contributed by atoms with Crippen molar-refractivity contribution in [3.63, 3.8) is 0 Å². The van der Waals surface area contributed by atoms with Crippen LogP contribution in [0, 0.1) is 5.92 Å². The van der Waals surface area contributed by atoms with Gasteiger partial charge in [-0.15, -0.1) is 0 Å². The third-order valence-electron chi connectivity index (χ3n) is 3.21. The average molecular weight is 281 g/mol. The lowest BCUT2D eigenvalue weighted by Gasteiger charge is -2.22. The van der Waals surface area contributed by atoms with E-state index < -0.39 is 12.4 Å². The van der Waals surface area contributed by atoms with E-state index in [0.29, 0.717) is 17.9 Å². The predicted molar refractivity (Wildman–Crippen MR) is 77.6 cm³/mol. The van der Waals surface area contributed by atoms with E-state index in [1.165, 1.54) is 12.1 Å². The van der Waals surface area contributed by atoms with Gasteiger partial charge in [0.2, 0.25) is 0 Å². The largest absolute Gasteiger partial charge is 0.513 e. The summed E-state index contributed by atoms with van der Waals surface area (Å²) in [6.45, 7) is -0.782. The Kier molecular flexibility index (Phi) is 4.26. The second-order valence-corrected chi connectivity index (χ2v) is 5.30. The Bertz CT molecular complexity index is 593. The van der Waals surface area contributed by atoms with Crippen LogP contribution in [-0.2, 0) is 0 Å². The van der Waals surface area contributed by atoms with Gasteiger partial charge in [-0.3, -0.25) is 0 Å². The summed E-state index contributed by atoms with van der Waals surface area (Å²) in [5.74, 6) is 0.340. The molecule has 0 N–H and O–H groups in total. The first-order valence-corrected chi connectivity index (χ1v) is 6.74. The highest BCUT2D eigenvalue weighted by Gasteiger charge is 2.31. The van der Waals surface area contributed by atoms with E-state index in [9.17, 15) is 12.9 Å². The molecule has 0 aromatic heterocycles. The Labute approximate surface area is 116 Å². The van der Waals surface area contributed by atoms with Crippen LogP contribution in [-0.4, -0.2) is 13.6 Å². The molecule has 2 aromatic carbocycles. The summed E-state index contributed by atoms with van der Waals surface area (Å²) < 4.78 is 45.4. The van der Waals surface area contributed by atoms with Crippen LogP contribution in [0.2, 0.25) is 0 Å². The lowest BCUT2D eigenvalue weighted by molar-refractivity contribution is 0.290. The standard InChI is InChI=1S/C15H17BF3O/c1-11(2)9-10-20-14-8-7-12-5-3-4-6-13(12)15(14)16(17,18)19/h3-8,11H,9-10H2,1-2H3/q-1. The molecule has 0 fully saturated rings. The van der Waals surface area contributed by atoms with Crippen molar-refractivity contribution in [1.29, 1.82) is 0 Å². The van der Waals surface area contributed by atoms with Gasteiger partial charge in [0, 0.05) is 0 Å². The Morgan fingerprint density at radius 3 is 2.40 bits per heavy atom. The molecule has 0 spiro atoms. The summed E-state index contributed by atoms with van der Waals surface area (Å²) >= 11 is 0. The van der Waals surface area contributed by atoms with Gasteiger partial charge in [0.25, 0.3) is 0 Å². The average Bonchev–Trinajstić information content (AvgIpc) is 2.36. The van der Waals surface area contributed by atoms with E-state index >= 15 is 0 Å². The first kappa shape index (κ1) is 14.8. The summed E-state index contributed by atoms with van der Waals surface area (Å²) in [5.41, 5.74) is -0.619. The zero-order valence-electron chi connectivity index (χ0n) is 11.6. The molecule has 0 aliphatic heterocycles. The molecule has 0 heterocycles. The SMILES string of the molecule is CC(C)CCOc1ccc2ccccc2c1[B-](F)(F)F. The van der Waals surface area contributed by atoms with Gasteiger partial charge in [-0.2, -0.15) is 0 Å². The van der Waals surface area contributed by atoms with Gasteiger partial charge >= 0.3 is 6.98 Å². The topological polar surface area (TPSA) is 9.23 Å². The second-order valence-electron chi connectivity index (χ2n) is 5.30. The van der Waals surface area contributed by atoms with Crippen molar-refractivity contribution in [2.45, 2.75) is 20.3 Å². The van der Waals surface area contributed by atoms with Gasteiger partial charge in [-0.1, -0.05) is 49.6 Å². The normalized spacial score (nSPS) is 12.1. The molecule has 0 bridgehead atoms. The fourth-order valence-electron chi connectivity index (χ4n) is 2.14. The Morgan fingerprint density at radius 2 is 1.75 bits per heavy atom. The third kappa shape index (κ3) is 3.27. The van der Waals surface area contributed by atoms with Crippen molar-refractivity contribution in [2.24, 2.45) is 5.92 Å². The van der Waals surface area contributed by atoms with Crippen LogP contribution in [0.1, 0.15) is 20.3 Å². The predicted octanol–water partition coefficient (Wildman–Crippen LogP) is 4.32. The van der Waals surface area contributed by atoms with Crippen LogP contribution in [0.15, 0.2) is 36.4 Å². The third-order valence-corrected chi connectivity index (χ3v) is 3.21. The molecule has 0 atom stereocenters. The van der Waals surface area contributed by atoms with Crippen molar-refractivity contribution in [3.05, 3.63) is 36.4 Å². The van der Waals surface area contributed by atoms with E-state index in [4.69, 9.17) is 4.74 Å². The maximum atomic E-state index is 13.3. The minimum absolute atomic E-state index is 0.0585. The summed E-state index contributed by atoms with van der Waals surface area (Å²) in [7, 11) is 0. The number of benzene rings is 2. The van der Waals surface area contributed by atoms with Crippen molar-refractivity contribution >= 4 is 23.2 Å². The van der Waals surface area contributed by atoms with Crippen molar-refractivity contribution in [3.8, 4) is 5.75 Å². The van der Waals surface area contributed by atoms with Gasteiger partial charge in [-0.25, -0.2) is 0 Å². The van der Waals surface area contributed by atoms with E-state index in [1.54, 1.807) is 24.3 Å². The fourth-order valence-corrected chi connectivity index (χ4v) is 2.14. The van der Waals surface area contributed by atoms with Crippen LogP contribution in [0.25, 0.3) is 10.8 Å². The molecule has 0 amide bonds. The van der Waals surface area contributed by atoms with Gasteiger partial charge in [0.05, 0.1) is 12.4 Å². The van der Waals surface area contributed by atoms with Crippen LogP contribution in [0.4, 0.5) is 12.9 Å². The molecular formula is C15H17BF3O-. The molecule has 108 valence electrons. The highest BCUT2D eigenvalue weighted by atomic mass is 19.4. The Morgan fingerprint density at radius 1 is 1.05 bits per heavy atom. The Hall–Kier alpha value is -1.65. The Balaban J connectivity index is 2.43. The molecule has 0 unspecified atom stereocenters. The number of rotatable bonds is 5. The monoisotopic (exact) mass is 281 g/mol. The molecule has 0 saturated heterocycles. The van der Waals surface area contributed by atoms with E-state index in [-0.39, 0.29) is 11.1 Å². The summed E-state index contributed by atoms with van der Waals surface area (Å²) in [5, 5.41) is 0.792. The maximum Gasteiger partial charge on any atom is 0.513 e. The van der Waals surface area contributed by atoms with Gasteiger partial charge < -0.3 is 17.7 Å². The van der Waals surface area contributed by atoms with Gasteiger partial charge in [0.15, 0.2) is 0 Å². The second kappa shape index (κ2) is 5.77. The summed E-state index contributed by atoms with van der Waals surface area (Å²) in [4.78, 5) is 0. The number of hydrogen-bond donors (Lipinski definition) is 0. The molecule has 0 aliphatic rings. The maximum absolute atomic E-state index is 13.3. The smallest absolute Gasteiger partial charge is 0.497 e. The number of fused-ring (bicyclic) bond motifs is 1. The molecule has 0 radical (unpaired) electrons. The minimum Gasteiger partial charge on any atom is -0.497 e. The minimum atomic E-state index is -5.11. The highest BCUT2D eigenvalue weighted by Crippen LogP contribution is 2.25. The molecule has 5 heteroatoms. The molecule has 1 nitrogen and oxygen atoms in total. The van der Waals surface area contributed by atoms with Crippen molar-refractivity contribution in [1.82, 2.24) is 0 Å². The van der Waals surface area contributed by atoms with E-state index in [0.717, 1.165) is 6.42 Å². The van der Waals surface area contributed by atoms with Crippen LogP contribution < -0.4 is 10.2 Å². The number of halogens is 3. The summed E-state index contributed by atoms with van der Waals surface area (Å²) in [6.07, 6.45) is 0.733. The molecule has 0 saturated carbocycles. The molecular weight excluding hydrogens is 264 g/mol. The quantitative estimate of drug-likeness (QED) is 0.742. The zero-order chi connectivity index (χ0) is 14.8. The lowest BCUT2D eigenvalue weighted by Crippen LogP contribution is -2.36.